The van der Waals surface area contributed by atoms with Crippen molar-refractivity contribution >= 4 is 17.3 Å². The highest BCUT2D eigenvalue weighted by molar-refractivity contribution is 6.30. The number of hydrogen-bond donors (Lipinski definition) is 0. The third-order valence-corrected chi connectivity index (χ3v) is 3.01. The Kier molecular flexibility index (Phi) is 4.14. The predicted molar refractivity (Wildman–Crippen MR) is 74.3 cm³/mol. The van der Waals surface area contributed by atoms with Crippen LogP contribution in [0.15, 0.2) is 42.5 Å². The molecule has 0 atom stereocenters. The lowest BCUT2D eigenvalue weighted by molar-refractivity contribution is -0.384. The van der Waals surface area contributed by atoms with Crippen LogP contribution in [0.2, 0.25) is 5.02 Å². The smallest absolute Gasteiger partial charge is 0.269 e. The van der Waals surface area contributed by atoms with Crippen LogP contribution in [0, 0.1) is 10.1 Å². The topological polar surface area (TPSA) is 52.4 Å². The highest BCUT2D eigenvalue weighted by Gasteiger charge is 2.12. The number of nitro benzene ring substituents is 1. The van der Waals surface area contributed by atoms with Gasteiger partial charge >= 0.3 is 0 Å². The number of non-ortho nitro benzene ring substituents is 1. The number of rotatable bonds is 4. The van der Waals surface area contributed by atoms with Crippen LogP contribution in [0.3, 0.4) is 0 Å². The highest BCUT2D eigenvalue weighted by atomic mass is 35.5. The molecule has 0 heterocycles. The van der Waals surface area contributed by atoms with Crippen molar-refractivity contribution in [1.29, 1.82) is 0 Å². The van der Waals surface area contributed by atoms with E-state index in [2.05, 4.69) is 0 Å². The molecule has 0 aliphatic heterocycles. The predicted octanol–water partition coefficient (Wildman–Crippen LogP) is 4.06. The zero-order chi connectivity index (χ0) is 13.8. The van der Waals surface area contributed by atoms with Gasteiger partial charge < -0.3 is 4.74 Å². The molecule has 5 heteroatoms. The van der Waals surface area contributed by atoms with Gasteiger partial charge in [-0.1, -0.05) is 23.7 Å². The summed E-state index contributed by atoms with van der Waals surface area (Å²) in [7, 11) is 1.56. The third-order valence-electron chi connectivity index (χ3n) is 2.75. The van der Waals surface area contributed by atoms with Gasteiger partial charge in [-0.2, -0.15) is 0 Å². The van der Waals surface area contributed by atoms with Crippen LogP contribution in [0.1, 0.15) is 5.56 Å². The van der Waals surface area contributed by atoms with Crippen molar-refractivity contribution in [2.45, 2.75) is 6.61 Å². The van der Waals surface area contributed by atoms with Crippen molar-refractivity contribution < 1.29 is 9.66 Å². The molecule has 0 aromatic heterocycles. The second-order valence-electron chi connectivity index (χ2n) is 4.04. The van der Waals surface area contributed by atoms with E-state index in [0.717, 1.165) is 16.7 Å². The fourth-order valence-electron chi connectivity index (χ4n) is 1.88. The Morgan fingerprint density at radius 3 is 2.47 bits per heavy atom. The quantitative estimate of drug-likeness (QED) is 0.625. The maximum Gasteiger partial charge on any atom is 0.269 e. The molecular formula is C14H12ClNO3. The SMILES string of the molecule is COCc1cc([N+](=O)[O-])ccc1-c1ccc(Cl)cc1. The summed E-state index contributed by atoms with van der Waals surface area (Å²) in [6.07, 6.45) is 0. The first kappa shape index (κ1) is 13.5. The van der Waals surface area contributed by atoms with E-state index >= 15 is 0 Å². The number of hydrogen-bond acceptors (Lipinski definition) is 3. The summed E-state index contributed by atoms with van der Waals surface area (Å²) in [6, 6.07) is 12.1. The molecule has 2 aromatic carbocycles. The minimum Gasteiger partial charge on any atom is -0.380 e. The zero-order valence-electron chi connectivity index (χ0n) is 10.3. The van der Waals surface area contributed by atoms with Crippen molar-refractivity contribution in [3.05, 3.63) is 63.2 Å². The largest absolute Gasteiger partial charge is 0.380 e. The number of halogens is 1. The molecule has 2 aromatic rings. The lowest BCUT2D eigenvalue weighted by atomic mass is 9.99. The molecule has 0 saturated heterocycles. The van der Waals surface area contributed by atoms with E-state index in [1.807, 2.05) is 12.1 Å². The van der Waals surface area contributed by atoms with E-state index in [9.17, 15) is 10.1 Å². The minimum atomic E-state index is -0.412. The van der Waals surface area contributed by atoms with Crippen LogP contribution < -0.4 is 0 Å². The van der Waals surface area contributed by atoms with Gasteiger partial charge in [0.05, 0.1) is 11.5 Å². The Bertz CT molecular complexity index is 596. The summed E-state index contributed by atoms with van der Waals surface area (Å²) in [5.41, 5.74) is 2.69. The standard InChI is InChI=1S/C14H12ClNO3/c1-19-9-11-8-13(16(17)18)6-7-14(11)10-2-4-12(15)5-3-10/h2-8H,9H2,1H3. The second-order valence-corrected chi connectivity index (χ2v) is 4.47. The number of benzene rings is 2. The molecule has 4 nitrogen and oxygen atoms in total. The highest BCUT2D eigenvalue weighted by Crippen LogP contribution is 2.28. The number of nitro groups is 1. The summed E-state index contributed by atoms with van der Waals surface area (Å²) in [5.74, 6) is 0. The van der Waals surface area contributed by atoms with E-state index in [0.29, 0.717) is 11.6 Å². The molecule has 19 heavy (non-hydrogen) atoms. The van der Waals surface area contributed by atoms with Gasteiger partial charge in [-0.25, -0.2) is 0 Å². The monoisotopic (exact) mass is 277 g/mol. The van der Waals surface area contributed by atoms with Gasteiger partial charge in [0.25, 0.3) is 5.69 Å². The van der Waals surface area contributed by atoms with Gasteiger partial charge in [0.2, 0.25) is 0 Å². The summed E-state index contributed by atoms with van der Waals surface area (Å²) in [6.45, 7) is 0.319. The van der Waals surface area contributed by atoms with Crippen LogP contribution in [0.5, 0.6) is 0 Å². The van der Waals surface area contributed by atoms with Gasteiger partial charge in [0.15, 0.2) is 0 Å². The molecule has 0 radical (unpaired) electrons. The fourth-order valence-corrected chi connectivity index (χ4v) is 2.01. The molecule has 2 rings (SSSR count). The van der Waals surface area contributed by atoms with E-state index in [1.165, 1.54) is 12.1 Å². The average molecular weight is 278 g/mol. The molecule has 0 spiro atoms. The van der Waals surface area contributed by atoms with Crippen molar-refractivity contribution in [2.75, 3.05) is 7.11 Å². The number of methoxy groups -OCH3 is 1. The van der Waals surface area contributed by atoms with Crippen molar-refractivity contribution in [3.8, 4) is 11.1 Å². The van der Waals surface area contributed by atoms with Crippen LogP contribution in [0.25, 0.3) is 11.1 Å². The van der Waals surface area contributed by atoms with E-state index in [4.69, 9.17) is 16.3 Å². The number of nitrogens with zero attached hydrogens (tertiary/aromatic N) is 1. The normalized spacial score (nSPS) is 10.4. The van der Waals surface area contributed by atoms with Crippen molar-refractivity contribution in [3.63, 3.8) is 0 Å². The van der Waals surface area contributed by atoms with Crippen LogP contribution in [-0.4, -0.2) is 12.0 Å². The molecule has 0 N–H and O–H groups in total. The Balaban J connectivity index is 2.49. The minimum absolute atomic E-state index is 0.0600. The Labute approximate surface area is 115 Å². The van der Waals surface area contributed by atoms with E-state index < -0.39 is 4.92 Å². The van der Waals surface area contributed by atoms with Crippen LogP contribution >= 0.6 is 11.6 Å². The molecule has 0 amide bonds. The Hall–Kier alpha value is -1.91. The van der Waals surface area contributed by atoms with Crippen LogP contribution in [0.4, 0.5) is 5.69 Å². The molecular weight excluding hydrogens is 266 g/mol. The molecule has 0 unspecified atom stereocenters. The maximum atomic E-state index is 10.8. The van der Waals surface area contributed by atoms with Crippen molar-refractivity contribution in [2.24, 2.45) is 0 Å². The Morgan fingerprint density at radius 1 is 1.21 bits per heavy atom. The summed E-state index contributed by atoms with van der Waals surface area (Å²) >= 11 is 5.85. The first-order valence-electron chi connectivity index (χ1n) is 5.64. The van der Waals surface area contributed by atoms with Gasteiger partial charge in [0.1, 0.15) is 0 Å². The molecule has 0 saturated carbocycles. The van der Waals surface area contributed by atoms with Gasteiger partial charge in [0, 0.05) is 24.3 Å². The van der Waals surface area contributed by atoms with E-state index in [1.54, 1.807) is 25.3 Å². The Morgan fingerprint density at radius 2 is 1.89 bits per heavy atom. The maximum absolute atomic E-state index is 10.8. The first-order chi connectivity index (χ1) is 9.11. The van der Waals surface area contributed by atoms with Crippen molar-refractivity contribution in [1.82, 2.24) is 0 Å². The second kappa shape index (κ2) is 5.82. The van der Waals surface area contributed by atoms with Gasteiger partial charge in [-0.15, -0.1) is 0 Å². The third kappa shape index (κ3) is 3.10. The summed E-state index contributed by atoms with van der Waals surface area (Å²) in [4.78, 5) is 10.4. The molecule has 0 aliphatic rings. The lowest BCUT2D eigenvalue weighted by Gasteiger charge is -2.09. The molecule has 0 fully saturated rings. The van der Waals surface area contributed by atoms with Gasteiger partial charge in [-0.3, -0.25) is 10.1 Å². The molecule has 0 aliphatic carbocycles. The number of ether oxygens (including phenoxy) is 1. The summed E-state index contributed by atoms with van der Waals surface area (Å²) in [5, 5.41) is 11.4. The van der Waals surface area contributed by atoms with Crippen LogP contribution in [-0.2, 0) is 11.3 Å². The molecule has 0 bridgehead atoms. The lowest BCUT2D eigenvalue weighted by Crippen LogP contribution is -1.95. The molecule has 98 valence electrons. The van der Waals surface area contributed by atoms with E-state index in [-0.39, 0.29) is 5.69 Å². The van der Waals surface area contributed by atoms with Gasteiger partial charge in [-0.05, 0) is 34.9 Å². The zero-order valence-corrected chi connectivity index (χ0v) is 11.1. The fraction of sp³-hybridized carbons (Fsp3) is 0.143. The summed E-state index contributed by atoms with van der Waals surface area (Å²) < 4.78 is 5.10. The first-order valence-corrected chi connectivity index (χ1v) is 6.02. The average Bonchev–Trinajstić information content (AvgIpc) is 2.40.